The molecule has 2 saturated heterocycles. The largest absolute Gasteiger partial charge is 0.480 e. The lowest BCUT2D eigenvalue weighted by atomic mass is 9.92. The SMILES string of the molecule is Cc1cc2c(cc1C)OC(C(=O)N1CC[C@@H]3CNC[C@@H]3CC1)C2.Cl. The predicted molar refractivity (Wildman–Crippen MR) is 96.9 cm³/mol. The van der Waals surface area contributed by atoms with Crippen molar-refractivity contribution in [3.05, 3.63) is 28.8 Å². The van der Waals surface area contributed by atoms with Crippen LogP contribution in [-0.2, 0) is 11.2 Å². The van der Waals surface area contributed by atoms with Gasteiger partial charge in [0.1, 0.15) is 5.75 Å². The van der Waals surface area contributed by atoms with Crippen LogP contribution in [-0.4, -0.2) is 43.1 Å². The Kier molecular flexibility index (Phi) is 5.07. The predicted octanol–water partition coefficient (Wildman–Crippen LogP) is 2.49. The zero-order valence-electron chi connectivity index (χ0n) is 14.5. The number of carbonyl (C=O) groups excluding carboxylic acids is 1. The number of nitrogens with zero attached hydrogens (tertiary/aromatic N) is 1. The second-order valence-corrected chi connectivity index (χ2v) is 7.44. The third kappa shape index (κ3) is 3.14. The molecule has 0 aliphatic carbocycles. The zero-order chi connectivity index (χ0) is 16.0. The number of carbonyl (C=O) groups is 1. The minimum atomic E-state index is -0.317. The van der Waals surface area contributed by atoms with Gasteiger partial charge in [-0.1, -0.05) is 6.07 Å². The third-order valence-corrected chi connectivity index (χ3v) is 5.96. The molecular weight excluding hydrogens is 324 g/mol. The fourth-order valence-corrected chi connectivity index (χ4v) is 4.29. The molecule has 2 fully saturated rings. The average molecular weight is 351 g/mol. The molecule has 1 N–H and O–H groups in total. The molecule has 3 aliphatic heterocycles. The number of rotatable bonds is 1. The maximum atomic E-state index is 12.9. The van der Waals surface area contributed by atoms with Gasteiger partial charge >= 0.3 is 0 Å². The highest BCUT2D eigenvalue weighted by atomic mass is 35.5. The number of ether oxygens (including phenoxy) is 1. The molecule has 0 spiro atoms. The van der Waals surface area contributed by atoms with Crippen molar-refractivity contribution in [1.29, 1.82) is 0 Å². The number of nitrogens with one attached hydrogen (secondary N) is 1. The lowest BCUT2D eigenvalue weighted by Crippen LogP contribution is -2.42. The van der Waals surface area contributed by atoms with Crippen LogP contribution in [0, 0.1) is 25.7 Å². The quantitative estimate of drug-likeness (QED) is 0.846. The molecule has 4 rings (SSSR count). The minimum absolute atomic E-state index is 0. The first-order chi connectivity index (χ1) is 11.1. The number of benzene rings is 1. The van der Waals surface area contributed by atoms with E-state index in [2.05, 4.69) is 36.2 Å². The van der Waals surface area contributed by atoms with E-state index >= 15 is 0 Å². The van der Waals surface area contributed by atoms with Crippen LogP contribution < -0.4 is 10.1 Å². The van der Waals surface area contributed by atoms with Gasteiger partial charge < -0.3 is 15.0 Å². The molecule has 1 amide bonds. The molecule has 3 atom stereocenters. The summed E-state index contributed by atoms with van der Waals surface area (Å²) in [7, 11) is 0. The number of hydrogen-bond donors (Lipinski definition) is 1. The lowest BCUT2D eigenvalue weighted by molar-refractivity contribution is -0.137. The van der Waals surface area contributed by atoms with E-state index in [1.165, 1.54) is 16.7 Å². The molecule has 5 heteroatoms. The summed E-state index contributed by atoms with van der Waals surface area (Å²) in [5.41, 5.74) is 3.69. The summed E-state index contributed by atoms with van der Waals surface area (Å²) in [4.78, 5) is 14.9. The Hall–Kier alpha value is -1.26. The maximum Gasteiger partial charge on any atom is 0.263 e. The smallest absolute Gasteiger partial charge is 0.263 e. The van der Waals surface area contributed by atoms with E-state index in [0.717, 1.165) is 63.0 Å². The molecule has 1 aromatic carbocycles. The van der Waals surface area contributed by atoms with Crippen molar-refractivity contribution in [2.24, 2.45) is 11.8 Å². The highest BCUT2D eigenvalue weighted by Gasteiger charge is 2.36. The molecular formula is C19H27ClN2O2. The summed E-state index contributed by atoms with van der Waals surface area (Å²) >= 11 is 0. The van der Waals surface area contributed by atoms with Gasteiger partial charge in [-0.3, -0.25) is 4.79 Å². The fraction of sp³-hybridized carbons (Fsp3) is 0.632. The molecule has 0 bridgehead atoms. The van der Waals surface area contributed by atoms with E-state index in [1.807, 2.05) is 0 Å². The maximum absolute atomic E-state index is 12.9. The highest BCUT2D eigenvalue weighted by Crippen LogP contribution is 2.33. The van der Waals surface area contributed by atoms with Crippen LogP contribution in [0.15, 0.2) is 12.1 Å². The Morgan fingerprint density at radius 2 is 1.75 bits per heavy atom. The Balaban J connectivity index is 0.00000169. The van der Waals surface area contributed by atoms with Crippen molar-refractivity contribution in [3.63, 3.8) is 0 Å². The summed E-state index contributed by atoms with van der Waals surface area (Å²) in [6.07, 6.45) is 2.66. The lowest BCUT2D eigenvalue weighted by Gasteiger charge is -2.24. The van der Waals surface area contributed by atoms with E-state index in [0.29, 0.717) is 0 Å². The highest BCUT2D eigenvalue weighted by molar-refractivity contribution is 5.85. The number of fused-ring (bicyclic) bond motifs is 2. The van der Waals surface area contributed by atoms with Crippen LogP contribution >= 0.6 is 12.4 Å². The van der Waals surface area contributed by atoms with Gasteiger partial charge in [-0.25, -0.2) is 0 Å². The third-order valence-electron chi connectivity index (χ3n) is 5.96. The van der Waals surface area contributed by atoms with Gasteiger partial charge in [0.15, 0.2) is 6.10 Å². The van der Waals surface area contributed by atoms with E-state index < -0.39 is 0 Å². The van der Waals surface area contributed by atoms with Crippen molar-refractivity contribution in [2.45, 2.75) is 39.2 Å². The molecule has 1 unspecified atom stereocenters. The standard InChI is InChI=1S/C19H26N2O2.ClH/c1-12-7-16-9-18(23-17(16)8-13(12)2)19(22)21-5-3-14-10-20-11-15(14)4-6-21;/h7-8,14-15,18,20H,3-6,9-11H2,1-2H3;1H/t14-,15+,18?;. The van der Waals surface area contributed by atoms with E-state index in [-0.39, 0.29) is 24.4 Å². The van der Waals surface area contributed by atoms with E-state index in [9.17, 15) is 4.79 Å². The van der Waals surface area contributed by atoms with Crippen molar-refractivity contribution >= 4 is 18.3 Å². The molecule has 3 heterocycles. The Labute approximate surface area is 150 Å². The average Bonchev–Trinajstić information content (AvgIpc) is 3.09. The molecule has 4 nitrogen and oxygen atoms in total. The van der Waals surface area contributed by atoms with Gasteiger partial charge in [-0.15, -0.1) is 12.4 Å². The second-order valence-electron chi connectivity index (χ2n) is 7.44. The molecule has 0 saturated carbocycles. The first-order valence-corrected chi connectivity index (χ1v) is 8.88. The molecule has 0 radical (unpaired) electrons. The van der Waals surface area contributed by atoms with Crippen LogP contribution in [0.3, 0.4) is 0 Å². The first-order valence-electron chi connectivity index (χ1n) is 8.88. The molecule has 1 aromatic rings. The van der Waals surface area contributed by atoms with Crippen molar-refractivity contribution in [3.8, 4) is 5.75 Å². The molecule has 0 aromatic heterocycles. The van der Waals surface area contributed by atoms with Gasteiger partial charge in [-0.05, 0) is 74.4 Å². The summed E-state index contributed by atoms with van der Waals surface area (Å²) in [6.45, 7) is 8.22. The minimum Gasteiger partial charge on any atom is -0.480 e. The topological polar surface area (TPSA) is 41.6 Å². The number of aryl methyl sites for hydroxylation is 2. The molecule has 132 valence electrons. The second kappa shape index (κ2) is 6.93. The first kappa shape index (κ1) is 17.6. The van der Waals surface area contributed by atoms with Crippen molar-refractivity contribution in [1.82, 2.24) is 10.2 Å². The van der Waals surface area contributed by atoms with Gasteiger partial charge in [0.05, 0.1) is 0 Å². The summed E-state index contributed by atoms with van der Waals surface area (Å²) < 4.78 is 5.99. The van der Waals surface area contributed by atoms with E-state index in [4.69, 9.17) is 4.74 Å². The van der Waals surface area contributed by atoms with Crippen LogP contribution in [0.1, 0.15) is 29.5 Å². The number of halogens is 1. The van der Waals surface area contributed by atoms with Crippen LogP contribution in [0.25, 0.3) is 0 Å². The van der Waals surface area contributed by atoms with Crippen LogP contribution in [0.4, 0.5) is 0 Å². The Bertz CT molecular complexity index is 589. The van der Waals surface area contributed by atoms with Gasteiger partial charge in [0.2, 0.25) is 0 Å². The monoisotopic (exact) mass is 350 g/mol. The number of amides is 1. The molecule has 24 heavy (non-hydrogen) atoms. The molecule has 3 aliphatic rings. The van der Waals surface area contributed by atoms with Crippen molar-refractivity contribution in [2.75, 3.05) is 26.2 Å². The number of hydrogen-bond acceptors (Lipinski definition) is 3. The summed E-state index contributed by atoms with van der Waals surface area (Å²) in [6, 6.07) is 4.26. The zero-order valence-corrected chi connectivity index (χ0v) is 15.3. The van der Waals surface area contributed by atoms with Gasteiger partial charge in [-0.2, -0.15) is 0 Å². The Morgan fingerprint density at radius 3 is 2.42 bits per heavy atom. The van der Waals surface area contributed by atoms with Gasteiger partial charge in [0.25, 0.3) is 5.91 Å². The summed E-state index contributed by atoms with van der Waals surface area (Å²) in [5.74, 6) is 2.59. The summed E-state index contributed by atoms with van der Waals surface area (Å²) in [5, 5.41) is 3.49. The van der Waals surface area contributed by atoms with Crippen molar-refractivity contribution < 1.29 is 9.53 Å². The van der Waals surface area contributed by atoms with Gasteiger partial charge in [0, 0.05) is 19.5 Å². The number of likely N-dealkylation sites (tertiary alicyclic amines) is 1. The normalized spacial score (nSPS) is 28.4. The van der Waals surface area contributed by atoms with Crippen LogP contribution in [0.5, 0.6) is 5.75 Å². The Morgan fingerprint density at radius 1 is 1.12 bits per heavy atom. The van der Waals surface area contributed by atoms with Crippen LogP contribution in [0.2, 0.25) is 0 Å². The van der Waals surface area contributed by atoms with E-state index in [1.54, 1.807) is 0 Å². The fourth-order valence-electron chi connectivity index (χ4n) is 4.29.